The first-order valence-corrected chi connectivity index (χ1v) is 9.25. The third kappa shape index (κ3) is 4.14. The Hall–Kier alpha value is -3.36. The Morgan fingerprint density at radius 1 is 1.20 bits per heavy atom. The van der Waals surface area contributed by atoms with Crippen LogP contribution in [0, 0.1) is 0 Å². The maximum Gasteiger partial charge on any atom is 0.416 e. The number of carbonyl (C=O) groups excluding carboxylic acids is 1. The first-order chi connectivity index (χ1) is 14.3. The van der Waals surface area contributed by atoms with Crippen molar-refractivity contribution in [2.75, 3.05) is 13.7 Å². The Labute approximate surface area is 170 Å². The van der Waals surface area contributed by atoms with Gasteiger partial charge < -0.3 is 14.2 Å². The molecule has 1 aliphatic heterocycles. The second-order valence-corrected chi connectivity index (χ2v) is 7.06. The summed E-state index contributed by atoms with van der Waals surface area (Å²) in [5.74, 6) is 0.885. The van der Waals surface area contributed by atoms with Crippen LogP contribution in [0.4, 0.5) is 13.2 Å². The zero-order chi connectivity index (χ0) is 21.3. The van der Waals surface area contributed by atoms with Crippen LogP contribution in [0.5, 0.6) is 5.75 Å². The molecule has 1 saturated heterocycles. The zero-order valence-corrected chi connectivity index (χ0v) is 16.0. The van der Waals surface area contributed by atoms with Crippen LogP contribution in [-0.4, -0.2) is 34.6 Å². The SMILES string of the molecule is COc1cccc(-c2noc(C3CC(=O)N(Cc4cccc(C(F)(F)F)c4)C3)n2)c1. The van der Waals surface area contributed by atoms with Gasteiger partial charge in [-0.05, 0) is 29.8 Å². The van der Waals surface area contributed by atoms with Crippen LogP contribution in [0.2, 0.25) is 0 Å². The molecule has 30 heavy (non-hydrogen) atoms. The molecule has 4 rings (SSSR count). The molecule has 0 radical (unpaired) electrons. The van der Waals surface area contributed by atoms with Gasteiger partial charge in [-0.1, -0.05) is 29.4 Å². The van der Waals surface area contributed by atoms with E-state index in [2.05, 4.69) is 10.1 Å². The number of likely N-dealkylation sites (tertiary alicyclic amines) is 1. The number of halogens is 3. The van der Waals surface area contributed by atoms with E-state index in [9.17, 15) is 18.0 Å². The van der Waals surface area contributed by atoms with E-state index in [0.717, 1.165) is 17.7 Å². The fraction of sp³-hybridized carbons (Fsp3) is 0.286. The van der Waals surface area contributed by atoms with Gasteiger partial charge in [0.2, 0.25) is 17.6 Å². The Kier molecular flexibility index (Phi) is 5.19. The van der Waals surface area contributed by atoms with Crippen LogP contribution in [0.15, 0.2) is 53.1 Å². The average molecular weight is 417 g/mol. The van der Waals surface area contributed by atoms with Crippen LogP contribution in [0.1, 0.15) is 29.4 Å². The van der Waals surface area contributed by atoms with Crippen molar-refractivity contribution in [2.45, 2.75) is 25.1 Å². The number of benzene rings is 2. The smallest absolute Gasteiger partial charge is 0.416 e. The molecule has 6 nitrogen and oxygen atoms in total. The predicted molar refractivity (Wildman–Crippen MR) is 101 cm³/mol. The summed E-state index contributed by atoms with van der Waals surface area (Å²) in [5.41, 5.74) is 0.402. The van der Waals surface area contributed by atoms with Crippen molar-refractivity contribution < 1.29 is 27.2 Å². The molecule has 0 spiro atoms. The lowest BCUT2D eigenvalue weighted by atomic mass is 10.1. The van der Waals surface area contributed by atoms with Gasteiger partial charge in [0.25, 0.3) is 0 Å². The van der Waals surface area contributed by atoms with Crippen LogP contribution >= 0.6 is 0 Å². The monoisotopic (exact) mass is 417 g/mol. The predicted octanol–water partition coefficient (Wildman–Crippen LogP) is 4.28. The lowest BCUT2D eigenvalue weighted by molar-refractivity contribution is -0.137. The maximum atomic E-state index is 12.9. The molecule has 0 aliphatic carbocycles. The van der Waals surface area contributed by atoms with Gasteiger partial charge in [-0.15, -0.1) is 0 Å². The largest absolute Gasteiger partial charge is 0.497 e. The van der Waals surface area contributed by atoms with Crippen LogP contribution in [0.25, 0.3) is 11.4 Å². The van der Waals surface area contributed by atoms with Crippen LogP contribution in [-0.2, 0) is 17.5 Å². The minimum atomic E-state index is -4.42. The average Bonchev–Trinajstić information content (AvgIpc) is 3.35. The van der Waals surface area contributed by atoms with Crippen molar-refractivity contribution in [3.05, 3.63) is 65.5 Å². The number of carbonyl (C=O) groups is 1. The quantitative estimate of drug-likeness (QED) is 0.620. The molecular formula is C21H18F3N3O3. The highest BCUT2D eigenvalue weighted by Gasteiger charge is 2.35. The highest BCUT2D eigenvalue weighted by molar-refractivity contribution is 5.79. The normalized spacial score (nSPS) is 16.9. The van der Waals surface area contributed by atoms with Crippen molar-refractivity contribution in [1.29, 1.82) is 0 Å². The summed E-state index contributed by atoms with van der Waals surface area (Å²) in [7, 11) is 1.56. The second kappa shape index (κ2) is 7.81. The van der Waals surface area contributed by atoms with E-state index in [4.69, 9.17) is 9.26 Å². The van der Waals surface area contributed by atoms with Gasteiger partial charge in [0, 0.05) is 25.1 Å². The van der Waals surface area contributed by atoms with Gasteiger partial charge in [-0.2, -0.15) is 18.2 Å². The first kappa shape index (κ1) is 19.9. The Balaban J connectivity index is 1.47. The molecule has 9 heteroatoms. The lowest BCUT2D eigenvalue weighted by Gasteiger charge is -2.17. The molecular weight excluding hydrogens is 399 g/mol. The number of alkyl halides is 3. The molecule has 1 aliphatic rings. The van der Waals surface area contributed by atoms with E-state index < -0.39 is 11.7 Å². The maximum absolute atomic E-state index is 12.9. The van der Waals surface area contributed by atoms with Gasteiger partial charge >= 0.3 is 6.18 Å². The van der Waals surface area contributed by atoms with Crippen molar-refractivity contribution in [3.63, 3.8) is 0 Å². The van der Waals surface area contributed by atoms with Crippen molar-refractivity contribution in [3.8, 4) is 17.1 Å². The molecule has 1 amide bonds. The molecule has 156 valence electrons. The summed E-state index contributed by atoms with van der Waals surface area (Å²) < 4.78 is 49.3. The van der Waals surface area contributed by atoms with Crippen LogP contribution < -0.4 is 4.74 Å². The van der Waals surface area contributed by atoms with Gasteiger partial charge in [-0.3, -0.25) is 4.79 Å². The summed E-state index contributed by atoms with van der Waals surface area (Å²) >= 11 is 0. The van der Waals surface area contributed by atoms with E-state index in [1.165, 1.54) is 11.0 Å². The first-order valence-electron chi connectivity index (χ1n) is 9.25. The molecule has 3 aromatic rings. The topological polar surface area (TPSA) is 68.5 Å². The Morgan fingerprint density at radius 2 is 2.00 bits per heavy atom. The molecule has 1 aromatic heterocycles. The van der Waals surface area contributed by atoms with Gasteiger partial charge in [0.1, 0.15) is 5.75 Å². The van der Waals surface area contributed by atoms with Gasteiger partial charge in [-0.25, -0.2) is 0 Å². The fourth-order valence-electron chi connectivity index (χ4n) is 3.44. The number of amides is 1. The Bertz CT molecular complexity index is 1060. The highest BCUT2D eigenvalue weighted by atomic mass is 19.4. The fourth-order valence-corrected chi connectivity index (χ4v) is 3.44. The minimum absolute atomic E-state index is 0.0934. The van der Waals surface area contributed by atoms with Crippen molar-refractivity contribution in [1.82, 2.24) is 15.0 Å². The van der Waals surface area contributed by atoms with Crippen molar-refractivity contribution >= 4 is 5.91 Å². The summed E-state index contributed by atoms with van der Waals surface area (Å²) in [6.45, 7) is 0.394. The van der Waals surface area contributed by atoms with E-state index in [0.29, 0.717) is 29.6 Å². The number of hydrogen-bond donors (Lipinski definition) is 0. The molecule has 0 N–H and O–H groups in total. The van der Waals surface area contributed by atoms with E-state index in [1.54, 1.807) is 31.4 Å². The van der Waals surface area contributed by atoms with Gasteiger partial charge in [0.15, 0.2) is 0 Å². The van der Waals surface area contributed by atoms with Crippen molar-refractivity contribution in [2.24, 2.45) is 0 Å². The van der Waals surface area contributed by atoms with E-state index >= 15 is 0 Å². The molecule has 1 unspecified atom stereocenters. The van der Waals surface area contributed by atoms with E-state index in [1.807, 2.05) is 6.07 Å². The standard InChI is InChI=1S/C21H18F3N3O3/c1-29-17-7-3-5-14(9-17)19-25-20(30-26-19)15-10-18(28)27(12-15)11-13-4-2-6-16(8-13)21(22,23)24/h2-9,15H,10-12H2,1H3. The summed E-state index contributed by atoms with van der Waals surface area (Å²) in [6.07, 6.45) is -4.26. The second-order valence-electron chi connectivity index (χ2n) is 7.06. The minimum Gasteiger partial charge on any atom is -0.497 e. The van der Waals surface area contributed by atoms with Gasteiger partial charge in [0.05, 0.1) is 18.6 Å². The van der Waals surface area contributed by atoms with E-state index in [-0.39, 0.29) is 24.8 Å². The molecule has 2 heterocycles. The number of aromatic nitrogens is 2. The molecule has 0 bridgehead atoms. The number of ether oxygens (including phenoxy) is 1. The summed E-state index contributed by atoms with van der Waals surface area (Å²) in [4.78, 5) is 18.3. The zero-order valence-electron chi connectivity index (χ0n) is 16.0. The molecule has 2 aromatic carbocycles. The molecule has 1 atom stereocenters. The molecule has 1 fully saturated rings. The third-order valence-corrected chi connectivity index (χ3v) is 4.96. The lowest BCUT2D eigenvalue weighted by Crippen LogP contribution is -2.24. The summed E-state index contributed by atoms with van der Waals surface area (Å²) in [5, 5.41) is 3.98. The number of rotatable bonds is 5. The summed E-state index contributed by atoms with van der Waals surface area (Å²) in [6, 6.07) is 12.2. The number of hydrogen-bond acceptors (Lipinski definition) is 5. The number of methoxy groups -OCH3 is 1. The highest BCUT2D eigenvalue weighted by Crippen LogP contribution is 2.32. The molecule has 0 saturated carbocycles. The number of nitrogens with zero attached hydrogens (tertiary/aromatic N) is 3. The third-order valence-electron chi connectivity index (χ3n) is 4.96. The van der Waals surface area contributed by atoms with Crippen LogP contribution in [0.3, 0.4) is 0 Å². The Morgan fingerprint density at radius 3 is 2.77 bits per heavy atom.